The van der Waals surface area contributed by atoms with Crippen LogP contribution < -0.4 is 5.32 Å². The number of fused-ring (bicyclic) bond motifs is 1. The maximum absolute atomic E-state index is 12.8. The number of pyridine rings is 1. The van der Waals surface area contributed by atoms with Crippen molar-refractivity contribution in [3.8, 4) is 0 Å². The first-order valence-electron chi connectivity index (χ1n) is 9.65. The van der Waals surface area contributed by atoms with Gasteiger partial charge in [0.05, 0.1) is 11.7 Å². The quantitative estimate of drug-likeness (QED) is 0.668. The highest BCUT2D eigenvalue weighted by atomic mass is 32.2. The molecule has 1 aromatic carbocycles. The van der Waals surface area contributed by atoms with Gasteiger partial charge in [0.1, 0.15) is 5.82 Å². The van der Waals surface area contributed by atoms with Crippen LogP contribution in [-0.2, 0) is 4.79 Å². The van der Waals surface area contributed by atoms with Crippen LogP contribution in [-0.4, -0.2) is 50.8 Å². The molecule has 1 saturated heterocycles. The van der Waals surface area contributed by atoms with Gasteiger partial charge in [0, 0.05) is 17.0 Å². The number of carbonyl (C=O) groups is 1. The molecule has 0 radical (unpaired) electrons. The fraction of sp³-hybridized carbons (Fsp3) is 0.381. The molecule has 0 unspecified atom stereocenters. The lowest BCUT2D eigenvalue weighted by Gasteiger charge is -2.34. The van der Waals surface area contributed by atoms with Gasteiger partial charge >= 0.3 is 0 Å². The Kier molecular flexibility index (Phi) is 5.64. The molecule has 146 valence electrons. The maximum atomic E-state index is 12.8. The van der Waals surface area contributed by atoms with Gasteiger partial charge < -0.3 is 5.32 Å². The van der Waals surface area contributed by atoms with E-state index < -0.39 is 0 Å². The summed E-state index contributed by atoms with van der Waals surface area (Å²) in [6.07, 6.45) is 6.01. The van der Waals surface area contributed by atoms with Gasteiger partial charge in [-0.3, -0.25) is 14.1 Å². The second-order valence-electron chi connectivity index (χ2n) is 7.16. The van der Waals surface area contributed by atoms with E-state index in [4.69, 9.17) is 0 Å². The van der Waals surface area contributed by atoms with E-state index in [9.17, 15) is 4.79 Å². The average Bonchev–Trinajstić information content (AvgIpc) is 3.18. The van der Waals surface area contributed by atoms with Gasteiger partial charge in [-0.05, 0) is 63.4 Å². The van der Waals surface area contributed by atoms with Crippen LogP contribution in [0.25, 0.3) is 5.65 Å². The zero-order valence-electron chi connectivity index (χ0n) is 16.2. The summed E-state index contributed by atoms with van der Waals surface area (Å²) in [7, 11) is 0. The maximum Gasteiger partial charge on any atom is 0.241 e. The third-order valence-electron chi connectivity index (χ3n) is 5.53. The molecule has 28 heavy (non-hydrogen) atoms. The topological polar surface area (TPSA) is 62.5 Å². The third-order valence-corrected chi connectivity index (χ3v) is 6.32. The molecule has 0 bridgehead atoms. The number of hydrogen-bond acceptors (Lipinski definition) is 5. The van der Waals surface area contributed by atoms with E-state index in [0.717, 1.165) is 48.0 Å². The Morgan fingerprint density at radius 3 is 2.68 bits per heavy atom. The van der Waals surface area contributed by atoms with Crippen molar-refractivity contribution in [2.24, 2.45) is 0 Å². The first-order chi connectivity index (χ1) is 13.7. The summed E-state index contributed by atoms with van der Waals surface area (Å²) in [5, 5.41) is 11.8. The van der Waals surface area contributed by atoms with Crippen LogP contribution >= 0.6 is 11.8 Å². The Hall–Kier alpha value is -2.38. The molecular formula is C21H25N5OS. The Morgan fingerprint density at radius 1 is 1.14 bits per heavy atom. The number of rotatable bonds is 5. The van der Waals surface area contributed by atoms with E-state index in [2.05, 4.69) is 24.8 Å². The number of amides is 1. The lowest BCUT2D eigenvalue weighted by atomic mass is 9.95. The van der Waals surface area contributed by atoms with Crippen LogP contribution in [0.4, 0.5) is 5.69 Å². The minimum absolute atomic E-state index is 0.0490. The standard InChI is InChI=1S/C21H25N5OS/c1-15(21(27)22-17-7-3-4-8-18(17)28-2)25-13-10-16(11-14-25)20-24-23-19-9-5-6-12-26(19)20/h3-9,12,15-16H,10-11,13-14H2,1-2H3,(H,22,27)/t15-/m0/s1. The number of nitrogens with one attached hydrogen (secondary N) is 1. The first-order valence-corrected chi connectivity index (χ1v) is 10.9. The number of hydrogen-bond donors (Lipinski definition) is 1. The second kappa shape index (κ2) is 8.32. The number of thioether (sulfide) groups is 1. The third kappa shape index (κ3) is 3.77. The Balaban J connectivity index is 1.38. The number of nitrogens with zero attached hydrogens (tertiary/aromatic N) is 4. The zero-order valence-corrected chi connectivity index (χ0v) is 17.0. The molecule has 7 heteroatoms. The van der Waals surface area contributed by atoms with E-state index in [1.807, 2.05) is 61.8 Å². The van der Waals surface area contributed by atoms with Crippen molar-refractivity contribution in [2.75, 3.05) is 24.7 Å². The fourth-order valence-electron chi connectivity index (χ4n) is 3.83. The Morgan fingerprint density at radius 2 is 1.89 bits per heavy atom. The highest BCUT2D eigenvalue weighted by Gasteiger charge is 2.29. The number of benzene rings is 1. The van der Waals surface area contributed by atoms with E-state index >= 15 is 0 Å². The molecule has 1 aliphatic rings. The molecule has 1 aliphatic heterocycles. The molecule has 0 saturated carbocycles. The van der Waals surface area contributed by atoms with Gasteiger partial charge in [-0.25, -0.2) is 0 Å². The lowest BCUT2D eigenvalue weighted by molar-refractivity contribution is -0.121. The summed E-state index contributed by atoms with van der Waals surface area (Å²) < 4.78 is 2.08. The molecule has 0 spiro atoms. The number of anilines is 1. The molecule has 4 rings (SSSR count). The molecular weight excluding hydrogens is 370 g/mol. The molecule has 3 aromatic rings. The van der Waals surface area contributed by atoms with Crippen molar-refractivity contribution in [1.82, 2.24) is 19.5 Å². The van der Waals surface area contributed by atoms with Crippen molar-refractivity contribution in [1.29, 1.82) is 0 Å². The van der Waals surface area contributed by atoms with E-state index in [1.54, 1.807) is 11.8 Å². The number of likely N-dealkylation sites (tertiary alicyclic amines) is 1. The van der Waals surface area contributed by atoms with E-state index in [0.29, 0.717) is 5.92 Å². The van der Waals surface area contributed by atoms with Gasteiger partial charge in [0.2, 0.25) is 5.91 Å². The smallest absolute Gasteiger partial charge is 0.241 e. The summed E-state index contributed by atoms with van der Waals surface area (Å²) in [4.78, 5) is 16.1. The Bertz CT molecular complexity index is 964. The summed E-state index contributed by atoms with van der Waals surface area (Å²) in [6.45, 7) is 3.75. The highest BCUT2D eigenvalue weighted by Crippen LogP contribution is 2.29. The number of aromatic nitrogens is 3. The van der Waals surface area contributed by atoms with Gasteiger partial charge in [-0.15, -0.1) is 22.0 Å². The molecule has 1 atom stereocenters. The highest BCUT2D eigenvalue weighted by molar-refractivity contribution is 7.98. The summed E-state index contributed by atoms with van der Waals surface area (Å²) in [5.74, 6) is 1.45. The van der Waals surface area contributed by atoms with E-state index in [-0.39, 0.29) is 11.9 Å². The molecule has 6 nitrogen and oxygen atoms in total. The molecule has 1 N–H and O–H groups in total. The fourth-order valence-corrected chi connectivity index (χ4v) is 4.39. The molecule has 1 amide bonds. The van der Waals surface area contributed by atoms with Crippen LogP contribution in [0.1, 0.15) is 31.5 Å². The summed E-state index contributed by atoms with van der Waals surface area (Å²) >= 11 is 1.64. The predicted octanol–water partition coefficient (Wildman–Crippen LogP) is 3.66. The number of para-hydroxylation sites is 1. The number of piperidine rings is 1. The second-order valence-corrected chi connectivity index (χ2v) is 8.01. The monoisotopic (exact) mass is 395 g/mol. The Labute approximate surface area is 169 Å². The lowest BCUT2D eigenvalue weighted by Crippen LogP contribution is -2.46. The van der Waals surface area contributed by atoms with Crippen LogP contribution in [0.3, 0.4) is 0 Å². The minimum Gasteiger partial charge on any atom is -0.324 e. The first kappa shape index (κ1) is 19.0. The largest absolute Gasteiger partial charge is 0.324 e. The van der Waals surface area contributed by atoms with Crippen LogP contribution in [0, 0.1) is 0 Å². The summed E-state index contributed by atoms with van der Waals surface area (Å²) in [5.41, 5.74) is 1.77. The number of carbonyl (C=O) groups excluding carboxylic acids is 1. The van der Waals surface area contributed by atoms with Crippen molar-refractivity contribution < 1.29 is 4.79 Å². The van der Waals surface area contributed by atoms with Gasteiger partial charge in [-0.1, -0.05) is 18.2 Å². The zero-order chi connectivity index (χ0) is 19.5. The molecule has 0 aliphatic carbocycles. The van der Waals surface area contributed by atoms with Crippen molar-refractivity contribution in [3.05, 3.63) is 54.5 Å². The molecule has 1 fully saturated rings. The van der Waals surface area contributed by atoms with Crippen molar-refractivity contribution in [2.45, 2.75) is 36.6 Å². The average molecular weight is 396 g/mol. The van der Waals surface area contributed by atoms with Gasteiger partial charge in [0.25, 0.3) is 0 Å². The minimum atomic E-state index is -0.161. The van der Waals surface area contributed by atoms with Gasteiger partial charge in [0.15, 0.2) is 5.65 Å². The van der Waals surface area contributed by atoms with Crippen molar-refractivity contribution in [3.63, 3.8) is 0 Å². The van der Waals surface area contributed by atoms with Crippen LogP contribution in [0.5, 0.6) is 0 Å². The molecule has 2 aromatic heterocycles. The predicted molar refractivity (Wildman–Crippen MR) is 113 cm³/mol. The van der Waals surface area contributed by atoms with E-state index in [1.165, 1.54) is 0 Å². The van der Waals surface area contributed by atoms with Crippen LogP contribution in [0.2, 0.25) is 0 Å². The van der Waals surface area contributed by atoms with Crippen LogP contribution in [0.15, 0.2) is 53.6 Å². The SMILES string of the molecule is CSc1ccccc1NC(=O)[C@H](C)N1CCC(c2nnc3ccccn23)CC1. The summed E-state index contributed by atoms with van der Waals surface area (Å²) in [6, 6.07) is 13.7. The molecule has 3 heterocycles. The normalized spacial score (nSPS) is 16.9. The van der Waals surface area contributed by atoms with Gasteiger partial charge in [-0.2, -0.15) is 0 Å². The van der Waals surface area contributed by atoms with Crippen molar-refractivity contribution >= 4 is 29.0 Å².